The third-order valence-corrected chi connectivity index (χ3v) is 6.14. The van der Waals surface area contributed by atoms with Gasteiger partial charge >= 0.3 is 0 Å². The Labute approximate surface area is 176 Å². The van der Waals surface area contributed by atoms with Crippen LogP contribution in [-0.4, -0.2) is 61.9 Å². The van der Waals surface area contributed by atoms with E-state index in [1.54, 1.807) is 30.3 Å². The maximum Gasteiger partial charge on any atom is 0.255 e. The largest absolute Gasteiger partial charge is 0.326 e. The lowest BCUT2D eigenvalue weighted by Crippen LogP contribution is -2.47. The van der Waals surface area contributed by atoms with E-state index in [1.165, 1.54) is 17.5 Å². The number of anilines is 2. The van der Waals surface area contributed by atoms with Gasteiger partial charge in [-0.15, -0.1) is 0 Å². The van der Waals surface area contributed by atoms with Gasteiger partial charge in [-0.2, -0.15) is 4.31 Å². The average molecular weight is 431 g/mol. The fourth-order valence-corrected chi connectivity index (χ4v) is 4.20. The summed E-state index contributed by atoms with van der Waals surface area (Å²) < 4.78 is 24.8. The highest BCUT2D eigenvalue weighted by molar-refractivity contribution is 7.88. The number of sulfonamides is 1. The van der Waals surface area contributed by atoms with E-state index in [9.17, 15) is 18.0 Å². The van der Waals surface area contributed by atoms with E-state index in [1.807, 2.05) is 18.2 Å². The van der Waals surface area contributed by atoms with E-state index in [4.69, 9.17) is 0 Å². The molecule has 1 fully saturated rings. The number of amides is 2. The molecule has 0 atom stereocenters. The molecule has 1 aliphatic rings. The van der Waals surface area contributed by atoms with Crippen molar-refractivity contribution in [3.8, 4) is 0 Å². The Balaban J connectivity index is 1.61. The van der Waals surface area contributed by atoms with E-state index in [2.05, 4.69) is 15.5 Å². The molecule has 0 aromatic heterocycles. The summed E-state index contributed by atoms with van der Waals surface area (Å²) in [5.74, 6) is -0.415. The number of hydrogen-bond acceptors (Lipinski definition) is 5. The molecule has 160 valence electrons. The highest BCUT2D eigenvalue weighted by Crippen LogP contribution is 2.17. The summed E-state index contributed by atoms with van der Waals surface area (Å²) in [6.07, 6.45) is 1.23. The van der Waals surface area contributed by atoms with Gasteiger partial charge in [-0.25, -0.2) is 8.42 Å². The number of hydrogen-bond donors (Lipinski definition) is 2. The van der Waals surface area contributed by atoms with Crippen molar-refractivity contribution in [1.29, 1.82) is 0 Å². The van der Waals surface area contributed by atoms with Gasteiger partial charge in [0.15, 0.2) is 0 Å². The lowest BCUT2D eigenvalue weighted by Gasteiger charge is -2.33. The zero-order chi connectivity index (χ0) is 21.7. The first-order valence-corrected chi connectivity index (χ1v) is 11.5. The Kier molecular flexibility index (Phi) is 6.86. The highest BCUT2D eigenvalue weighted by Gasteiger charge is 2.23. The summed E-state index contributed by atoms with van der Waals surface area (Å²) in [5, 5.41) is 5.54. The molecule has 1 aliphatic heterocycles. The number of carbonyl (C=O) groups excluding carboxylic acids is 2. The molecule has 0 bridgehead atoms. The Morgan fingerprint density at radius 1 is 0.933 bits per heavy atom. The zero-order valence-electron chi connectivity index (χ0n) is 17.1. The third-order valence-electron chi connectivity index (χ3n) is 4.84. The van der Waals surface area contributed by atoms with Crippen LogP contribution >= 0.6 is 0 Å². The van der Waals surface area contributed by atoms with E-state index < -0.39 is 10.0 Å². The lowest BCUT2D eigenvalue weighted by molar-refractivity contribution is -0.114. The predicted octanol–water partition coefficient (Wildman–Crippen LogP) is 1.97. The van der Waals surface area contributed by atoms with Crippen LogP contribution in [-0.2, 0) is 21.4 Å². The van der Waals surface area contributed by atoms with Gasteiger partial charge in [0, 0.05) is 56.6 Å². The van der Waals surface area contributed by atoms with Gasteiger partial charge in [-0.05, 0) is 35.9 Å². The van der Waals surface area contributed by atoms with E-state index in [-0.39, 0.29) is 11.8 Å². The topological polar surface area (TPSA) is 98.8 Å². The standard InChI is InChI=1S/C21H26N4O4S/c1-16(26)22-19-7-4-8-20(14-19)23-21(27)18-6-3-5-17(13-18)15-24-9-11-25(12-10-24)30(2,28)29/h3-8,13-14H,9-12,15H2,1-2H3,(H,22,26)(H,23,27). The van der Waals surface area contributed by atoms with Crippen molar-refractivity contribution in [2.24, 2.45) is 0 Å². The van der Waals surface area contributed by atoms with Crippen molar-refractivity contribution < 1.29 is 18.0 Å². The molecule has 2 N–H and O–H groups in total. The molecule has 1 heterocycles. The van der Waals surface area contributed by atoms with Gasteiger partial charge < -0.3 is 10.6 Å². The second-order valence-corrected chi connectivity index (χ2v) is 9.34. The second-order valence-electron chi connectivity index (χ2n) is 7.35. The monoisotopic (exact) mass is 430 g/mol. The van der Waals surface area contributed by atoms with Crippen molar-refractivity contribution >= 4 is 33.2 Å². The number of nitrogens with one attached hydrogen (secondary N) is 2. The first-order chi connectivity index (χ1) is 14.2. The van der Waals surface area contributed by atoms with Crippen LogP contribution in [0.3, 0.4) is 0 Å². The summed E-state index contributed by atoms with van der Waals surface area (Å²) in [4.78, 5) is 26.0. The Bertz CT molecular complexity index is 1030. The van der Waals surface area contributed by atoms with Crippen molar-refractivity contribution in [2.45, 2.75) is 13.5 Å². The summed E-state index contributed by atoms with van der Waals surface area (Å²) in [7, 11) is -3.15. The second kappa shape index (κ2) is 9.38. The van der Waals surface area contributed by atoms with Gasteiger partial charge in [-0.3, -0.25) is 14.5 Å². The molecule has 2 aromatic rings. The molecule has 2 amide bonds. The molecule has 9 heteroatoms. The van der Waals surface area contributed by atoms with Crippen molar-refractivity contribution in [2.75, 3.05) is 43.1 Å². The third kappa shape index (κ3) is 6.12. The number of benzene rings is 2. The van der Waals surface area contributed by atoms with Crippen molar-refractivity contribution in [1.82, 2.24) is 9.21 Å². The van der Waals surface area contributed by atoms with Gasteiger partial charge in [-0.1, -0.05) is 18.2 Å². The van der Waals surface area contributed by atoms with Crippen molar-refractivity contribution in [3.05, 3.63) is 59.7 Å². The number of piperazine rings is 1. The minimum atomic E-state index is -3.15. The van der Waals surface area contributed by atoms with E-state index in [0.717, 1.165) is 5.56 Å². The Hall–Kier alpha value is -2.75. The maximum absolute atomic E-state index is 12.7. The Morgan fingerprint density at radius 3 is 2.20 bits per heavy atom. The fourth-order valence-electron chi connectivity index (χ4n) is 3.37. The molecule has 30 heavy (non-hydrogen) atoms. The molecule has 1 saturated heterocycles. The summed E-state index contributed by atoms with van der Waals surface area (Å²) in [5.41, 5.74) is 2.73. The van der Waals surface area contributed by atoms with Crippen LogP contribution in [0, 0.1) is 0 Å². The minimum absolute atomic E-state index is 0.177. The normalized spacial score (nSPS) is 15.5. The molecule has 0 aliphatic carbocycles. The molecule has 2 aromatic carbocycles. The minimum Gasteiger partial charge on any atom is -0.326 e. The first-order valence-electron chi connectivity index (χ1n) is 9.66. The number of nitrogens with zero attached hydrogens (tertiary/aromatic N) is 2. The number of rotatable bonds is 6. The fraction of sp³-hybridized carbons (Fsp3) is 0.333. The highest BCUT2D eigenvalue weighted by atomic mass is 32.2. The summed E-state index contributed by atoms with van der Waals surface area (Å²) in [6.45, 7) is 4.33. The van der Waals surface area contributed by atoms with E-state index in [0.29, 0.717) is 49.7 Å². The summed E-state index contributed by atoms with van der Waals surface area (Å²) in [6, 6.07) is 14.4. The molecule has 8 nitrogen and oxygen atoms in total. The molecule has 0 unspecified atom stereocenters. The quantitative estimate of drug-likeness (QED) is 0.730. The van der Waals surface area contributed by atoms with Crippen molar-refractivity contribution in [3.63, 3.8) is 0 Å². The van der Waals surface area contributed by atoms with Crippen LogP contribution in [0.2, 0.25) is 0 Å². The van der Waals surface area contributed by atoms with Gasteiger partial charge in [0.25, 0.3) is 5.91 Å². The van der Waals surface area contributed by atoms with Gasteiger partial charge in [0.2, 0.25) is 15.9 Å². The van der Waals surface area contributed by atoms with E-state index >= 15 is 0 Å². The molecule has 0 saturated carbocycles. The molecule has 3 rings (SSSR count). The zero-order valence-corrected chi connectivity index (χ0v) is 17.9. The average Bonchev–Trinajstić information content (AvgIpc) is 2.68. The Morgan fingerprint density at radius 2 is 1.57 bits per heavy atom. The smallest absolute Gasteiger partial charge is 0.255 e. The molecular formula is C21H26N4O4S. The van der Waals surface area contributed by atoms with Crippen LogP contribution < -0.4 is 10.6 Å². The number of carbonyl (C=O) groups is 2. The van der Waals surface area contributed by atoms with Crippen LogP contribution in [0.5, 0.6) is 0 Å². The van der Waals surface area contributed by atoms with Crippen LogP contribution in [0.1, 0.15) is 22.8 Å². The first kappa shape index (κ1) is 21.9. The van der Waals surface area contributed by atoms with Gasteiger partial charge in [0.1, 0.15) is 0 Å². The van der Waals surface area contributed by atoms with Gasteiger partial charge in [0.05, 0.1) is 6.26 Å². The van der Waals surface area contributed by atoms with Crippen LogP contribution in [0.4, 0.5) is 11.4 Å². The maximum atomic E-state index is 12.7. The van der Waals surface area contributed by atoms with Crippen LogP contribution in [0.25, 0.3) is 0 Å². The SMILES string of the molecule is CC(=O)Nc1cccc(NC(=O)c2cccc(CN3CCN(S(C)(=O)=O)CC3)c2)c1. The lowest BCUT2D eigenvalue weighted by atomic mass is 10.1. The predicted molar refractivity (Wildman–Crippen MR) is 117 cm³/mol. The molecule has 0 radical (unpaired) electrons. The summed E-state index contributed by atoms with van der Waals surface area (Å²) >= 11 is 0. The molecule has 0 spiro atoms. The molecular weight excluding hydrogens is 404 g/mol. The van der Waals surface area contributed by atoms with Crippen LogP contribution in [0.15, 0.2) is 48.5 Å².